The van der Waals surface area contributed by atoms with Crippen molar-refractivity contribution in [2.24, 2.45) is 0 Å². The number of nitrogens with zero attached hydrogens (tertiary/aromatic N) is 2. The molecule has 0 heterocycles. The summed E-state index contributed by atoms with van der Waals surface area (Å²) < 4.78 is 10.2. The van der Waals surface area contributed by atoms with E-state index in [0.29, 0.717) is 11.3 Å². The van der Waals surface area contributed by atoms with Gasteiger partial charge in [0, 0.05) is 0 Å². The van der Waals surface area contributed by atoms with Crippen LogP contribution in [0.4, 0.5) is 11.4 Å². The van der Waals surface area contributed by atoms with Crippen molar-refractivity contribution in [3.05, 3.63) is 58.1 Å². The number of carbonyl (C=O) groups excluding carboxylic acids is 1. The summed E-state index contributed by atoms with van der Waals surface area (Å²) in [6.45, 7) is -0.387. The molecule has 0 fully saturated rings. The van der Waals surface area contributed by atoms with Crippen LogP contribution in [0.25, 0.3) is 0 Å². The molecule has 0 aromatic heterocycles. The Hall–Kier alpha value is -3.60. The molecule has 122 valence electrons. The molecule has 24 heavy (non-hydrogen) atoms. The molecule has 0 saturated carbocycles. The van der Waals surface area contributed by atoms with Gasteiger partial charge in [0.15, 0.2) is 6.61 Å². The average molecular weight is 327 g/mol. The number of methoxy groups -OCH3 is 1. The van der Waals surface area contributed by atoms with Gasteiger partial charge < -0.3 is 14.8 Å². The fourth-order valence-electron chi connectivity index (χ4n) is 1.91. The van der Waals surface area contributed by atoms with Crippen molar-refractivity contribution in [2.45, 2.75) is 0 Å². The normalized spacial score (nSPS) is 9.67. The van der Waals surface area contributed by atoms with Crippen LogP contribution in [0.2, 0.25) is 0 Å². The quantitative estimate of drug-likeness (QED) is 0.644. The van der Waals surface area contributed by atoms with Crippen LogP contribution in [0, 0.1) is 21.4 Å². The number of carbonyl (C=O) groups is 1. The van der Waals surface area contributed by atoms with Gasteiger partial charge in [-0.05, 0) is 24.3 Å². The predicted octanol–water partition coefficient (Wildman–Crippen LogP) is 2.49. The largest absolute Gasteiger partial charge is 0.496 e. The number of benzene rings is 2. The Bertz CT molecular complexity index is 814. The molecule has 2 aromatic rings. The lowest BCUT2D eigenvalue weighted by molar-refractivity contribution is -0.384. The molecule has 0 spiro atoms. The van der Waals surface area contributed by atoms with E-state index in [0.717, 1.165) is 0 Å². The van der Waals surface area contributed by atoms with Crippen molar-refractivity contribution in [3.8, 4) is 17.6 Å². The fourth-order valence-corrected chi connectivity index (χ4v) is 1.91. The van der Waals surface area contributed by atoms with Gasteiger partial charge in [-0.2, -0.15) is 5.26 Å². The number of nitrogens with one attached hydrogen (secondary N) is 1. The summed E-state index contributed by atoms with van der Waals surface area (Å²) in [5.74, 6) is -0.0192. The second-order valence-electron chi connectivity index (χ2n) is 4.59. The summed E-state index contributed by atoms with van der Waals surface area (Å²) in [5, 5.41) is 22.4. The fraction of sp³-hybridized carbons (Fsp3) is 0.125. The van der Waals surface area contributed by atoms with Gasteiger partial charge in [0.2, 0.25) is 0 Å². The van der Waals surface area contributed by atoms with Crippen LogP contribution in [0.3, 0.4) is 0 Å². The number of hydrogen-bond donors (Lipinski definition) is 1. The van der Waals surface area contributed by atoms with E-state index in [4.69, 9.17) is 14.7 Å². The molecule has 2 aromatic carbocycles. The molecule has 0 bridgehead atoms. The Morgan fingerprint density at radius 2 is 2.08 bits per heavy atom. The number of amides is 1. The van der Waals surface area contributed by atoms with E-state index in [1.165, 1.54) is 25.3 Å². The highest BCUT2D eigenvalue weighted by Gasteiger charge is 2.17. The van der Waals surface area contributed by atoms with E-state index in [1.807, 2.05) is 6.07 Å². The molecular formula is C16H13N3O5. The van der Waals surface area contributed by atoms with Gasteiger partial charge in [0.05, 0.1) is 23.7 Å². The molecule has 0 atom stereocenters. The lowest BCUT2D eigenvalue weighted by Crippen LogP contribution is -2.21. The van der Waals surface area contributed by atoms with Crippen LogP contribution >= 0.6 is 0 Å². The first-order valence-corrected chi connectivity index (χ1v) is 6.79. The number of rotatable bonds is 6. The number of nitro groups is 1. The van der Waals surface area contributed by atoms with Gasteiger partial charge in [-0.1, -0.05) is 12.1 Å². The van der Waals surface area contributed by atoms with Crippen LogP contribution in [0.1, 0.15) is 5.56 Å². The number of nitriles is 1. The smallest absolute Gasteiger partial charge is 0.296 e. The first-order chi connectivity index (χ1) is 11.5. The minimum atomic E-state index is -0.621. The first kappa shape index (κ1) is 16.8. The van der Waals surface area contributed by atoms with Crippen molar-refractivity contribution in [3.63, 3.8) is 0 Å². The van der Waals surface area contributed by atoms with E-state index >= 15 is 0 Å². The zero-order valence-corrected chi connectivity index (χ0v) is 12.7. The van der Waals surface area contributed by atoms with Gasteiger partial charge in [-0.15, -0.1) is 0 Å². The number of nitro benzene ring substituents is 1. The molecule has 0 aliphatic carbocycles. The third-order valence-electron chi connectivity index (χ3n) is 3.04. The zero-order chi connectivity index (χ0) is 17.5. The second-order valence-corrected chi connectivity index (χ2v) is 4.59. The molecule has 0 unspecified atom stereocenters. The number of ether oxygens (including phenoxy) is 2. The maximum Gasteiger partial charge on any atom is 0.296 e. The second kappa shape index (κ2) is 7.60. The SMILES string of the molecule is COc1ccc(NC(=O)COc2ccccc2C#N)c([N+](=O)[O-])c1. The first-order valence-electron chi connectivity index (χ1n) is 6.79. The maximum absolute atomic E-state index is 11.9. The zero-order valence-electron chi connectivity index (χ0n) is 12.7. The summed E-state index contributed by atoms with van der Waals surface area (Å²) in [4.78, 5) is 22.4. The average Bonchev–Trinajstić information content (AvgIpc) is 2.60. The molecule has 0 radical (unpaired) electrons. The van der Waals surface area contributed by atoms with Gasteiger partial charge in [0.1, 0.15) is 23.3 Å². The summed E-state index contributed by atoms with van der Waals surface area (Å²) in [6.07, 6.45) is 0. The van der Waals surface area contributed by atoms with Crippen molar-refractivity contribution in [1.82, 2.24) is 0 Å². The Kier molecular flexibility index (Phi) is 5.31. The summed E-state index contributed by atoms with van der Waals surface area (Å²) in [7, 11) is 1.39. The molecule has 2 rings (SSSR count). The molecule has 1 N–H and O–H groups in total. The molecule has 0 aliphatic rings. The maximum atomic E-state index is 11.9. The topological polar surface area (TPSA) is 114 Å². The molecule has 0 saturated heterocycles. The Labute approximate surface area is 137 Å². The van der Waals surface area contributed by atoms with E-state index in [2.05, 4.69) is 5.32 Å². The molecule has 8 heteroatoms. The molecular weight excluding hydrogens is 314 g/mol. The van der Waals surface area contributed by atoms with Gasteiger partial charge in [-0.3, -0.25) is 14.9 Å². The molecule has 1 amide bonds. The number of para-hydroxylation sites is 1. The molecule has 8 nitrogen and oxygen atoms in total. The number of anilines is 1. The predicted molar refractivity (Wildman–Crippen MR) is 84.9 cm³/mol. The van der Waals surface area contributed by atoms with Crippen LogP contribution in [0.5, 0.6) is 11.5 Å². The van der Waals surface area contributed by atoms with Gasteiger partial charge >= 0.3 is 0 Å². The van der Waals surface area contributed by atoms with Crippen molar-refractivity contribution in [1.29, 1.82) is 5.26 Å². The lowest BCUT2D eigenvalue weighted by atomic mass is 10.2. The minimum absolute atomic E-state index is 0.0305. The third kappa shape index (κ3) is 3.98. The monoisotopic (exact) mass is 327 g/mol. The van der Waals surface area contributed by atoms with Gasteiger partial charge in [-0.25, -0.2) is 0 Å². The number of hydrogen-bond acceptors (Lipinski definition) is 6. The standard InChI is InChI=1S/C16H13N3O5/c1-23-12-6-7-13(14(8-12)19(21)22)18-16(20)10-24-15-5-3-2-4-11(15)9-17/h2-8H,10H2,1H3,(H,18,20). The van der Waals surface area contributed by atoms with Crippen LogP contribution in [0.15, 0.2) is 42.5 Å². The van der Waals surface area contributed by atoms with E-state index in [9.17, 15) is 14.9 Å². The van der Waals surface area contributed by atoms with Crippen molar-refractivity contribution < 1.29 is 19.2 Å². The Morgan fingerprint density at radius 3 is 2.75 bits per heavy atom. The Balaban J connectivity index is 2.08. The van der Waals surface area contributed by atoms with E-state index in [-0.39, 0.29) is 23.7 Å². The van der Waals surface area contributed by atoms with Crippen molar-refractivity contribution >= 4 is 17.3 Å². The third-order valence-corrected chi connectivity index (χ3v) is 3.04. The van der Waals surface area contributed by atoms with E-state index < -0.39 is 10.8 Å². The summed E-state index contributed by atoms with van der Waals surface area (Å²) in [6, 6.07) is 12.5. The van der Waals surface area contributed by atoms with Gasteiger partial charge in [0.25, 0.3) is 11.6 Å². The molecule has 0 aliphatic heterocycles. The highest BCUT2D eigenvalue weighted by atomic mass is 16.6. The van der Waals surface area contributed by atoms with Crippen LogP contribution in [-0.4, -0.2) is 24.5 Å². The summed E-state index contributed by atoms with van der Waals surface area (Å²) in [5.41, 5.74) is 0.0313. The van der Waals surface area contributed by atoms with E-state index in [1.54, 1.807) is 24.3 Å². The Morgan fingerprint density at radius 1 is 1.33 bits per heavy atom. The van der Waals surface area contributed by atoms with Crippen LogP contribution in [-0.2, 0) is 4.79 Å². The highest BCUT2D eigenvalue weighted by Crippen LogP contribution is 2.28. The summed E-state index contributed by atoms with van der Waals surface area (Å²) >= 11 is 0. The lowest BCUT2D eigenvalue weighted by Gasteiger charge is -2.09. The van der Waals surface area contributed by atoms with Crippen LogP contribution < -0.4 is 14.8 Å². The highest BCUT2D eigenvalue weighted by molar-refractivity contribution is 5.94. The van der Waals surface area contributed by atoms with Crippen molar-refractivity contribution in [2.75, 3.05) is 19.0 Å². The minimum Gasteiger partial charge on any atom is -0.496 e.